The maximum atomic E-state index is 12.2. The van der Waals surface area contributed by atoms with Crippen LogP contribution in [0.1, 0.15) is 24.6 Å². The summed E-state index contributed by atoms with van der Waals surface area (Å²) in [5.41, 5.74) is 0. The first-order chi connectivity index (χ1) is 10.5. The smallest absolute Gasteiger partial charge is 0.250 e. The second kappa shape index (κ2) is 8.05. The molecule has 1 amide bonds. The average molecular weight is 345 g/mol. The maximum absolute atomic E-state index is 12.2. The number of hydrogen-bond donors (Lipinski definition) is 3. The predicted octanol–water partition coefficient (Wildman–Crippen LogP) is 0.705. The third kappa shape index (κ3) is 5.35. The molecule has 1 saturated heterocycles. The summed E-state index contributed by atoms with van der Waals surface area (Å²) in [6, 6.07) is 3.44. The highest BCUT2D eigenvalue weighted by Gasteiger charge is 2.19. The van der Waals surface area contributed by atoms with Gasteiger partial charge >= 0.3 is 0 Å². The molecule has 1 aliphatic rings. The Hall–Kier alpha value is -0.960. The fraction of sp³-hybridized carbons (Fsp3) is 0.643. The Labute approximate surface area is 135 Å². The van der Waals surface area contributed by atoms with E-state index in [1.54, 1.807) is 6.07 Å². The Morgan fingerprint density at radius 2 is 2.23 bits per heavy atom. The normalized spacial score (nSPS) is 18.5. The van der Waals surface area contributed by atoms with Crippen molar-refractivity contribution in [2.24, 2.45) is 5.92 Å². The molecular formula is C14H23N3O3S2. The largest absolute Gasteiger partial charge is 0.356 e. The van der Waals surface area contributed by atoms with Crippen LogP contribution in [0.15, 0.2) is 16.3 Å². The van der Waals surface area contributed by atoms with Gasteiger partial charge in [-0.05, 0) is 50.4 Å². The lowest BCUT2D eigenvalue weighted by Gasteiger charge is -2.09. The molecule has 1 atom stereocenters. The number of hydrogen-bond acceptors (Lipinski definition) is 5. The van der Waals surface area contributed by atoms with Gasteiger partial charge in [-0.2, -0.15) is 0 Å². The summed E-state index contributed by atoms with van der Waals surface area (Å²) in [6.45, 7) is 4.48. The molecule has 2 heterocycles. The van der Waals surface area contributed by atoms with Gasteiger partial charge in [0.1, 0.15) is 4.21 Å². The van der Waals surface area contributed by atoms with Gasteiger partial charge in [-0.25, -0.2) is 13.1 Å². The van der Waals surface area contributed by atoms with Crippen LogP contribution >= 0.6 is 11.3 Å². The third-order valence-corrected chi connectivity index (χ3v) is 6.75. The van der Waals surface area contributed by atoms with E-state index in [0.29, 0.717) is 29.6 Å². The lowest BCUT2D eigenvalue weighted by Crippen LogP contribution is -2.26. The van der Waals surface area contributed by atoms with Crippen molar-refractivity contribution in [3.8, 4) is 0 Å². The summed E-state index contributed by atoms with van der Waals surface area (Å²) in [7, 11) is -3.41. The average Bonchev–Trinajstić information content (AvgIpc) is 3.09. The van der Waals surface area contributed by atoms with E-state index in [0.717, 1.165) is 30.8 Å². The fourth-order valence-corrected chi connectivity index (χ4v) is 4.88. The van der Waals surface area contributed by atoms with Crippen molar-refractivity contribution in [1.29, 1.82) is 0 Å². The number of rotatable bonds is 8. The zero-order valence-electron chi connectivity index (χ0n) is 12.7. The number of nitrogens with one attached hydrogen (secondary N) is 3. The van der Waals surface area contributed by atoms with Gasteiger partial charge in [-0.15, -0.1) is 11.3 Å². The summed E-state index contributed by atoms with van der Waals surface area (Å²) in [5.74, 6) is 0.492. The summed E-state index contributed by atoms with van der Waals surface area (Å²) in [5, 5.41) is 5.98. The molecule has 1 aromatic heterocycles. The number of carbonyl (C=O) groups excluding carboxylic acids is 1. The Kier molecular flexibility index (Phi) is 6.37. The molecule has 1 fully saturated rings. The Morgan fingerprint density at radius 3 is 2.91 bits per heavy atom. The van der Waals surface area contributed by atoms with E-state index < -0.39 is 10.0 Å². The van der Waals surface area contributed by atoms with Crippen LogP contribution in [0.25, 0.3) is 0 Å². The lowest BCUT2D eigenvalue weighted by molar-refractivity contribution is -0.118. The maximum Gasteiger partial charge on any atom is 0.250 e. The molecule has 0 aromatic carbocycles. The van der Waals surface area contributed by atoms with Crippen LogP contribution in [0.4, 0.5) is 0 Å². The molecule has 0 aliphatic carbocycles. The Bertz CT molecular complexity index is 592. The molecule has 124 valence electrons. The van der Waals surface area contributed by atoms with Crippen molar-refractivity contribution in [3.05, 3.63) is 17.0 Å². The summed E-state index contributed by atoms with van der Waals surface area (Å²) in [4.78, 5) is 11.8. The van der Waals surface area contributed by atoms with Crippen molar-refractivity contribution in [2.45, 2.75) is 30.4 Å². The second-order valence-electron chi connectivity index (χ2n) is 5.50. The molecule has 0 bridgehead atoms. The van der Waals surface area contributed by atoms with Gasteiger partial charge in [0, 0.05) is 24.9 Å². The zero-order valence-corrected chi connectivity index (χ0v) is 14.4. The van der Waals surface area contributed by atoms with E-state index in [-0.39, 0.29) is 5.91 Å². The minimum atomic E-state index is -3.41. The van der Waals surface area contributed by atoms with Crippen LogP contribution in [-0.2, 0) is 21.2 Å². The molecule has 0 radical (unpaired) electrons. The van der Waals surface area contributed by atoms with Gasteiger partial charge in [0.15, 0.2) is 0 Å². The van der Waals surface area contributed by atoms with Crippen LogP contribution in [0.5, 0.6) is 0 Å². The predicted molar refractivity (Wildman–Crippen MR) is 87.5 cm³/mol. The molecule has 8 heteroatoms. The summed E-state index contributed by atoms with van der Waals surface area (Å²) >= 11 is 1.26. The number of sulfonamides is 1. The van der Waals surface area contributed by atoms with Crippen LogP contribution in [0, 0.1) is 5.92 Å². The number of thiophene rings is 1. The quantitative estimate of drug-likeness (QED) is 0.647. The molecule has 1 aromatic rings. The molecule has 2 rings (SSSR count). The highest BCUT2D eigenvalue weighted by molar-refractivity contribution is 7.91. The van der Waals surface area contributed by atoms with Gasteiger partial charge < -0.3 is 10.6 Å². The van der Waals surface area contributed by atoms with Gasteiger partial charge in [-0.3, -0.25) is 4.79 Å². The molecular weight excluding hydrogens is 322 g/mol. The van der Waals surface area contributed by atoms with Crippen molar-refractivity contribution in [3.63, 3.8) is 0 Å². The molecule has 0 saturated carbocycles. The molecule has 3 N–H and O–H groups in total. The van der Waals surface area contributed by atoms with Crippen molar-refractivity contribution in [1.82, 2.24) is 15.4 Å². The van der Waals surface area contributed by atoms with Gasteiger partial charge in [0.2, 0.25) is 15.9 Å². The van der Waals surface area contributed by atoms with E-state index in [1.165, 1.54) is 18.3 Å². The summed E-state index contributed by atoms with van der Waals surface area (Å²) < 4.78 is 27.4. The van der Waals surface area contributed by atoms with Gasteiger partial charge in [0.05, 0.1) is 0 Å². The first-order valence-corrected chi connectivity index (χ1v) is 9.81. The van der Waals surface area contributed by atoms with Crippen LogP contribution in [0.3, 0.4) is 0 Å². The number of amides is 1. The minimum Gasteiger partial charge on any atom is -0.356 e. The van der Waals surface area contributed by atoms with E-state index in [1.807, 2.05) is 6.07 Å². The molecule has 0 spiro atoms. The van der Waals surface area contributed by atoms with Gasteiger partial charge in [0.25, 0.3) is 0 Å². The standard InChI is InChI=1S/C14H23N3O3S2/c1-11(18)16-8-6-13-2-3-14(21-13)22(19,20)17-9-5-12-4-7-15-10-12/h2-3,12,15,17H,4-10H2,1H3,(H,16,18). The van der Waals surface area contributed by atoms with E-state index in [4.69, 9.17) is 0 Å². The lowest BCUT2D eigenvalue weighted by atomic mass is 10.1. The van der Waals surface area contributed by atoms with Crippen molar-refractivity contribution in [2.75, 3.05) is 26.2 Å². The highest BCUT2D eigenvalue weighted by Crippen LogP contribution is 2.22. The zero-order chi connectivity index (χ0) is 16.0. The first-order valence-electron chi connectivity index (χ1n) is 7.51. The van der Waals surface area contributed by atoms with E-state index >= 15 is 0 Å². The van der Waals surface area contributed by atoms with Crippen molar-refractivity contribution >= 4 is 27.3 Å². The topological polar surface area (TPSA) is 87.3 Å². The molecule has 6 nitrogen and oxygen atoms in total. The van der Waals surface area contributed by atoms with Gasteiger partial charge in [-0.1, -0.05) is 0 Å². The third-order valence-electron chi connectivity index (χ3n) is 3.65. The second-order valence-corrected chi connectivity index (χ2v) is 8.66. The highest BCUT2D eigenvalue weighted by atomic mass is 32.2. The molecule has 1 unspecified atom stereocenters. The van der Waals surface area contributed by atoms with Crippen LogP contribution in [0.2, 0.25) is 0 Å². The monoisotopic (exact) mass is 345 g/mol. The Morgan fingerprint density at radius 1 is 1.41 bits per heavy atom. The van der Waals surface area contributed by atoms with Crippen LogP contribution < -0.4 is 15.4 Å². The fourth-order valence-electron chi connectivity index (χ4n) is 2.43. The minimum absolute atomic E-state index is 0.0764. The van der Waals surface area contributed by atoms with Crippen LogP contribution in [-0.4, -0.2) is 40.5 Å². The molecule has 22 heavy (non-hydrogen) atoms. The first kappa shape index (κ1) is 17.4. The van der Waals surface area contributed by atoms with Crippen molar-refractivity contribution < 1.29 is 13.2 Å². The SMILES string of the molecule is CC(=O)NCCc1ccc(S(=O)(=O)NCCC2CCNC2)s1. The van der Waals surface area contributed by atoms with E-state index in [2.05, 4.69) is 15.4 Å². The summed E-state index contributed by atoms with van der Waals surface area (Å²) in [6.07, 6.45) is 2.63. The molecule has 1 aliphatic heterocycles. The Balaban J connectivity index is 1.81. The number of carbonyl (C=O) groups is 1. The van der Waals surface area contributed by atoms with E-state index in [9.17, 15) is 13.2 Å².